The maximum Gasteiger partial charge on any atom is 0.293 e. The van der Waals surface area contributed by atoms with Gasteiger partial charge < -0.3 is 9.47 Å². The first-order valence-corrected chi connectivity index (χ1v) is 12.5. The van der Waals surface area contributed by atoms with Crippen LogP contribution in [0.15, 0.2) is 64.0 Å². The van der Waals surface area contributed by atoms with Crippen LogP contribution < -0.4 is 9.47 Å². The van der Waals surface area contributed by atoms with Crippen LogP contribution in [0, 0.1) is 17.1 Å². The minimum Gasteiger partial charge on any atom is -0.493 e. The summed E-state index contributed by atoms with van der Waals surface area (Å²) in [7, 11) is 1.50. The van der Waals surface area contributed by atoms with Crippen LogP contribution in [0.25, 0.3) is 6.08 Å². The van der Waals surface area contributed by atoms with E-state index in [9.17, 15) is 14.0 Å². The van der Waals surface area contributed by atoms with Gasteiger partial charge in [-0.25, -0.2) is 4.39 Å². The summed E-state index contributed by atoms with van der Waals surface area (Å²) in [5, 5.41) is 8.63. The first-order chi connectivity index (χ1) is 17.3. The molecule has 0 N–H and O–H groups in total. The largest absolute Gasteiger partial charge is 0.493 e. The fraction of sp³-hybridized carbons (Fsp3) is 0.115. The van der Waals surface area contributed by atoms with E-state index in [-0.39, 0.29) is 23.1 Å². The molecule has 0 unspecified atom stereocenters. The average Bonchev–Trinajstić information content (AvgIpc) is 3.12. The molecular weight excluding hydrogens is 571 g/mol. The molecule has 1 aliphatic heterocycles. The van der Waals surface area contributed by atoms with Gasteiger partial charge in [0.1, 0.15) is 12.4 Å². The van der Waals surface area contributed by atoms with Crippen molar-refractivity contribution in [3.05, 3.63) is 97.1 Å². The highest BCUT2D eigenvalue weighted by Gasteiger charge is 2.35. The summed E-state index contributed by atoms with van der Waals surface area (Å²) >= 11 is 10.4. The molecule has 4 rings (SSSR count). The molecule has 0 bridgehead atoms. The lowest BCUT2D eigenvalue weighted by Gasteiger charge is -2.14. The zero-order valence-corrected chi connectivity index (χ0v) is 21.9. The SMILES string of the molecule is COc1cc(/C=C2/SC(=O)N(Cc3ccc(F)cc3Cl)C2=O)cc(Br)c1OCc1ccc(C#N)cc1. The fourth-order valence-electron chi connectivity index (χ4n) is 3.40. The number of hydrogen-bond donors (Lipinski definition) is 0. The highest BCUT2D eigenvalue weighted by atomic mass is 79.9. The topological polar surface area (TPSA) is 79.6 Å². The van der Waals surface area contributed by atoms with E-state index in [0.717, 1.165) is 28.3 Å². The van der Waals surface area contributed by atoms with E-state index in [4.69, 9.17) is 26.3 Å². The Balaban J connectivity index is 1.52. The van der Waals surface area contributed by atoms with Crippen LogP contribution >= 0.6 is 39.3 Å². The zero-order valence-electron chi connectivity index (χ0n) is 18.8. The number of thioether (sulfide) groups is 1. The van der Waals surface area contributed by atoms with E-state index in [1.807, 2.05) is 12.1 Å². The van der Waals surface area contributed by atoms with E-state index in [1.165, 1.54) is 19.2 Å². The van der Waals surface area contributed by atoms with E-state index >= 15 is 0 Å². The third kappa shape index (κ3) is 5.73. The van der Waals surface area contributed by atoms with E-state index in [0.29, 0.717) is 32.7 Å². The van der Waals surface area contributed by atoms with Crippen molar-refractivity contribution in [3.63, 3.8) is 0 Å². The fourth-order valence-corrected chi connectivity index (χ4v) is 5.04. The number of halogens is 3. The highest BCUT2D eigenvalue weighted by Crippen LogP contribution is 2.40. The summed E-state index contributed by atoms with van der Waals surface area (Å²) in [6.07, 6.45) is 1.59. The summed E-state index contributed by atoms with van der Waals surface area (Å²) in [4.78, 5) is 26.7. The molecule has 2 amide bonds. The molecule has 0 aliphatic carbocycles. The first-order valence-electron chi connectivity index (χ1n) is 10.5. The Labute approximate surface area is 224 Å². The second kappa shape index (κ2) is 11.2. The van der Waals surface area contributed by atoms with Crippen LogP contribution in [0.1, 0.15) is 22.3 Å². The number of nitriles is 1. The number of methoxy groups -OCH3 is 1. The summed E-state index contributed by atoms with van der Waals surface area (Å²) in [6.45, 7) is 0.196. The first kappa shape index (κ1) is 25.8. The highest BCUT2D eigenvalue weighted by molar-refractivity contribution is 9.10. The number of carbonyl (C=O) groups is 2. The number of nitrogens with zero attached hydrogens (tertiary/aromatic N) is 2. The Morgan fingerprint density at radius 3 is 2.58 bits per heavy atom. The maximum atomic E-state index is 13.3. The van der Waals surface area contributed by atoms with Gasteiger partial charge in [-0.15, -0.1) is 0 Å². The van der Waals surface area contributed by atoms with Crippen molar-refractivity contribution in [2.45, 2.75) is 13.2 Å². The number of rotatable bonds is 7. The Hall–Kier alpha value is -3.32. The van der Waals surface area contributed by atoms with Crippen molar-refractivity contribution < 1.29 is 23.5 Å². The molecule has 3 aromatic rings. The van der Waals surface area contributed by atoms with Gasteiger partial charge in [-0.2, -0.15) is 5.26 Å². The third-order valence-corrected chi connectivity index (χ3v) is 7.08. The molecular formula is C26H17BrClFN2O4S. The smallest absolute Gasteiger partial charge is 0.293 e. The van der Waals surface area contributed by atoms with Gasteiger partial charge in [0.2, 0.25) is 0 Å². The van der Waals surface area contributed by atoms with Gasteiger partial charge in [-0.3, -0.25) is 14.5 Å². The summed E-state index contributed by atoms with van der Waals surface area (Å²) in [5.74, 6) is -0.0667. The van der Waals surface area contributed by atoms with Gasteiger partial charge in [-0.05, 0) is 86.9 Å². The van der Waals surface area contributed by atoms with Crippen molar-refractivity contribution in [1.29, 1.82) is 5.26 Å². The summed E-state index contributed by atoms with van der Waals surface area (Å²) in [6, 6.07) is 16.4. The van der Waals surface area contributed by atoms with Crippen LogP contribution in [0.3, 0.4) is 0 Å². The average molecular weight is 588 g/mol. The van der Waals surface area contributed by atoms with Crippen LogP contribution in [0.4, 0.5) is 9.18 Å². The normalized spacial score (nSPS) is 14.3. The monoisotopic (exact) mass is 586 g/mol. The van der Waals surface area contributed by atoms with Gasteiger partial charge in [0.25, 0.3) is 11.1 Å². The molecule has 1 aliphatic rings. The summed E-state index contributed by atoms with van der Waals surface area (Å²) < 4.78 is 25.3. The van der Waals surface area contributed by atoms with E-state index in [2.05, 4.69) is 22.0 Å². The Kier molecular flexibility index (Phi) is 7.99. The number of benzene rings is 3. The Morgan fingerprint density at radius 2 is 1.92 bits per heavy atom. The quantitative estimate of drug-likeness (QED) is 0.279. The van der Waals surface area contributed by atoms with Gasteiger partial charge in [0, 0.05) is 5.02 Å². The van der Waals surface area contributed by atoms with E-state index < -0.39 is 17.0 Å². The molecule has 6 nitrogen and oxygen atoms in total. The molecule has 36 heavy (non-hydrogen) atoms. The Bertz CT molecular complexity index is 1420. The van der Waals surface area contributed by atoms with E-state index in [1.54, 1.807) is 30.3 Å². The molecule has 1 saturated heterocycles. The second-order valence-corrected chi connectivity index (χ2v) is 9.89. The number of carbonyl (C=O) groups excluding carboxylic acids is 2. The van der Waals surface area contributed by atoms with Crippen LogP contribution in [-0.2, 0) is 17.9 Å². The molecule has 0 spiro atoms. The van der Waals surface area contributed by atoms with Crippen molar-refractivity contribution in [3.8, 4) is 17.6 Å². The standard InChI is InChI=1S/C26H17BrClFN2O4S/c1-34-22-9-17(8-20(27)24(22)35-14-16-4-2-15(12-30)3-5-16)10-23-25(32)31(26(33)36-23)13-18-6-7-19(29)11-21(18)28/h2-11H,13-14H2,1H3/b23-10+. The predicted molar refractivity (Wildman–Crippen MR) is 139 cm³/mol. The van der Waals surface area contributed by atoms with Crippen LogP contribution in [0.2, 0.25) is 5.02 Å². The molecule has 0 aromatic heterocycles. The van der Waals surface area contributed by atoms with Crippen molar-refractivity contribution in [2.24, 2.45) is 0 Å². The third-order valence-electron chi connectivity index (χ3n) is 5.23. The molecule has 0 saturated carbocycles. The predicted octanol–water partition coefficient (Wildman–Crippen LogP) is 6.94. The minimum absolute atomic E-state index is 0.0593. The Morgan fingerprint density at radius 1 is 1.17 bits per heavy atom. The second-order valence-electron chi connectivity index (χ2n) is 7.64. The molecule has 1 fully saturated rings. The lowest BCUT2D eigenvalue weighted by molar-refractivity contribution is -0.123. The van der Waals surface area contributed by atoms with Gasteiger partial charge in [0.05, 0.1) is 34.7 Å². The lowest BCUT2D eigenvalue weighted by atomic mass is 10.1. The van der Waals surface area contributed by atoms with Gasteiger partial charge >= 0.3 is 0 Å². The maximum absolute atomic E-state index is 13.3. The summed E-state index contributed by atoms with van der Waals surface area (Å²) in [5.41, 5.74) is 2.53. The van der Waals surface area contributed by atoms with Crippen LogP contribution in [0.5, 0.6) is 11.5 Å². The zero-order chi connectivity index (χ0) is 25.8. The molecule has 0 radical (unpaired) electrons. The number of imide groups is 1. The number of ether oxygens (including phenoxy) is 2. The van der Waals surface area contributed by atoms with Crippen molar-refractivity contribution in [2.75, 3.05) is 7.11 Å². The number of hydrogen-bond acceptors (Lipinski definition) is 6. The van der Waals surface area contributed by atoms with Gasteiger partial charge in [0.15, 0.2) is 11.5 Å². The van der Waals surface area contributed by atoms with Crippen LogP contribution in [-0.4, -0.2) is 23.2 Å². The minimum atomic E-state index is -0.498. The van der Waals surface area contributed by atoms with Gasteiger partial charge in [-0.1, -0.05) is 29.8 Å². The van der Waals surface area contributed by atoms with Crippen molar-refractivity contribution in [1.82, 2.24) is 4.90 Å². The van der Waals surface area contributed by atoms with Crippen molar-refractivity contribution >= 4 is 56.5 Å². The molecule has 3 aromatic carbocycles. The molecule has 10 heteroatoms. The molecule has 1 heterocycles. The number of amides is 2. The lowest BCUT2D eigenvalue weighted by Crippen LogP contribution is -2.27. The molecule has 182 valence electrons. The molecule has 0 atom stereocenters.